The van der Waals surface area contributed by atoms with Crippen LogP contribution in [0.1, 0.15) is 37.3 Å². The zero-order chi connectivity index (χ0) is 8.77. The van der Waals surface area contributed by atoms with E-state index in [1.54, 1.807) is 11.5 Å². The molecule has 1 aromatic rings. The highest BCUT2D eigenvalue weighted by Crippen LogP contribution is 2.54. The van der Waals surface area contributed by atoms with Crippen LogP contribution in [-0.2, 0) is 4.75 Å². The van der Waals surface area contributed by atoms with Gasteiger partial charge in [0.05, 0.1) is 10.4 Å². The van der Waals surface area contributed by atoms with Gasteiger partial charge in [0.2, 0.25) is 0 Å². The third kappa shape index (κ3) is 1.40. The van der Waals surface area contributed by atoms with Crippen LogP contribution in [0.2, 0.25) is 0 Å². The Morgan fingerprint density at radius 3 is 2.67 bits per heavy atom. The van der Waals surface area contributed by atoms with Crippen molar-refractivity contribution in [2.45, 2.75) is 31.4 Å². The first-order valence-corrected chi connectivity index (χ1v) is 5.99. The van der Waals surface area contributed by atoms with Gasteiger partial charge >= 0.3 is 0 Å². The lowest BCUT2D eigenvalue weighted by atomic mass is 10.1. The molecule has 1 aliphatic heterocycles. The predicted molar refractivity (Wildman–Crippen MR) is 56.0 cm³/mol. The molecule has 66 valence electrons. The summed E-state index contributed by atoms with van der Waals surface area (Å²) in [5, 5.41) is 0. The van der Waals surface area contributed by atoms with Crippen LogP contribution in [-0.4, -0.2) is 10.1 Å². The van der Waals surface area contributed by atoms with Crippen LogP contribution in [0.25, 0.3) is 0 Å². The topological polar surface area (TPSA) is 12.9 Å². The summed E-state index contributed by atoms with van der Waals surface area (Å²) >= 11 is 3.70. The zero-order valence-corrected chi connectivity index (χ0v) is 9.26. The molecule has 1 fully saturated rings. The van der Waals surface area contributed by atoms with Gasteiger partial charge in [-0.2, -0.15) is 4.37 Å². The average Bonchev–Trinajstić information content (AvgIpc) is 2.61. The normalized spacial score (nSPS) is 28.0. The van der Waals surface area contributed by atoms with E-state index in [0.29, 0.717) is 10.7 Å². The van der Waals surface area contributed by atoms with E-state index in [1.165, 1.54) is 16.3 Å². The highest BCUT2D eigenvalue weighted by molar-refractivity contribution is 8.07. The second-order valence-electron chi connectivity index (χ2n) is 3.79. The summed E-state index contributed by atoms with van der Waals surface area (Å²) < 4.78 is 4.87. The molecule has 0 bridgehead atoms. The summed E-state index contributed by atoms with van der Waals surface area (Å²) in [6, 6.07) is 2.27. The Morgan fingerprint density at radius 1 is 1.58 bits per heavy atom. The molecule has 1 saturated heterocycles. The van der Waals surface area contributed by atoms with Crippen molar-refractivity contribution in [2.24, 2.45) is 0 Å². The van der Waals surface area contributed by atoms with Crippen molar-refractivity contribution < 1.29 is 0 Å². The molecule has 1 nitrogen and oxygen atoms in total. The summed E-state index contributed by atoms with van der Waals surface area (Å²) in [5.74, 6) is 1.84. The van der Waals surface area contributed by atoms with Gasteiger partial charge < -0.3 is 0 Å². The highest BCUT2D eigenvalue weighted by Gasteiger charge is 2.42. The van der Waals surface area contributed by atoms with Crippen LogP contribution in [0.4, 0.5) is 0 Å². The van der Waals surface area contributed by atoms with Gasteiger partial charge in [-0.25, -0.2) is 0 Å². The quantitative estimate of drug-likeness (QED) is 0.678. The molecule has 3 heteroatoms. The second-order valence-corrected chi connectivity index (χ2v) is 6.07. The lowest BCUT2D eigenvalue weighted by Gasteiger charge is -1.99. The van der Waals surface area contributed by atoms with Crippen LogP contribution in [0, 0.1) is 0 Å². The molecule has 0 aromatic carbocycles. The molecule has 0 amide bonds. The fourth-order valence-electron chi connectivity index (χ4n) is 1.06. The molecular weight excluding hydrogens is 186 g/mol. The number of nitrogens with zero attached hydrogens (tertiary/aromatic N) is 1. The smallest absolute Gasteiger partial charge is 0.0580 e. The van der Waals surface area contributed by atoms with Crippen LogP contribution in [0.3, 0.4) is 0 Å². The van der Waals surface area contributed by atoms with E-state index in [2.05, 4.69) is 31.2 Å². The SMILES string of the molecule is CC(C)c1cc(C2(C)CS2)sn1. The summed E-state index contributed by atoms with van der Waals surface area (Å²) in [6.45, 7) is 6.69. The molecule has 0 aliphatic carbocycles. The molecular formula is C9H13NS2. The van der Waals surface area contributed by atoms with Gasteiger partial charge in [-0.3, -0.25) is 0 Å². The third-order valence-electron chi connectivity index (χ3n) is 2.22. The summed E-state index contributed by atoms with van der Waals surface area (Å²) in [4.78, 5) is 1.45. The van der Waals surface area contributed by atoms with Crippen molar-refractivity contribution in [3.05, 3.63) is 16.6 Å². The number of hydrogen-bond acceptors (Lipinski definition) is 3. The lowest BCUT2D eigenvalue weighted by Crippen LogP contribution is -1.95. The van der Waals surface area contributed by atoms with Gasteiger partial charge in [0.1, 0.15) is 0 Å². The van der Waals surface area contributed by atoms with Crippen LogP contribution in [0.15, 0.2) is 6.07 Å². The first-order chi connectivity index (χ1) is 5.62. The number of hydrogen-bond donors (Lipinski definition) is 0. The first kappa shape index (κ1) is 8.57. The van der Waals surface area contributed by atoms with E-state index in [9.17, 15) is 0 Å². The van der Waals surface area contributed by atoms with Gasteiger partial charge in [-0.05, 0) is 30.4 Å². The molecule has 0 radical (unpaired) electrons. The molecule has 1 unspecified atom stereocenters. The molecule has 0 spiro atoms. The van der Waals surface area contributed by atoms with Crippen molar-refractivity contribution in [3.63, 3.8) is 0 Å². The maximum absolute atomic E-state index is 4.45. The number of rotatable bonds is 2. The maximum atomic E-state index is 4.45. The van der Waals surface area contributed by atoms with Gasteiger partial charge in [-0.1, -0.05) is 13.8 Å². The molecule has 0 N–H and O–H groups in total. The van der Waals surface area contributed by atoms with Gasteiger partial charge in [0.15, 0.2) is 0 Å². The molecule has 12 heavy (non-hydrogen) atoms. The van der Waals surface area contributed by atoms with E-state index in [-0.39, 0.29) is 0 Å². The minimum Gasteiger partial charge on any atom is -0.197 e. The van der Waals surface area contributed by atoms with Crippen molar-refractivity contribution in [1.82, 2.24) is 4.37 Å². The van der Waals surface area contributed by atoms with Crippen LogP contribution < -0.4 is 0 Å². The molecule has 1 atom stereocenters. The van der Waals surface area contributed by atoms with E-state index in [0.717, 1.165) is 0 Å². The Hall–Kier alpha value is -0.0200. The Kier molecular flexibility index (Phi) is 1.96. The van der Waals surface area contributed by atoms with Crippen molar-refractivity contribution in [1.29, 1.82) is 0 Å². The second kappa shape index (κ2) is 2.74. The minimum atomic E-state index is 0.421. The van der Waals surface area contributed by atoms with E-state index in [1.807, 2.05) is 11.8 Å². The Labute approximate surface area is 81.7 Å². The lowest BCUT2D eigenvalue weighted by molar-refractivity contribution is 0.834. The summed E-state index contributed by atoms with van der Waals surface area (Å²) in [6.07, 6.45) is 0. The maximum Gasteiger partial charge on any atom is 0.0580 e. The van der Waals surface area contributed by atoms with E-state index < -0.39 is 0 Å². The van der Waals surface area contributed by atoms with Crippen LogP contribution in [0.5, 0.6) is 0 Å². The van der Waals surface area contributed by atoms with Crippen molar-refractivity contribution in [2.75, 3.05) is 5.75 Å². The number of aromatic nitrogens is 1. The van der Waals surface area contributed by atoms with Gasteiger partial charge in [0, 0.05) is 10.6 Å². The zero-order valence-electron chi connectivity index (χ0n) is 7.63. The standard InChI is InChI=1S/C9H13NS2/c1-6(2)7-4-8(12-10-7)9(3)5-11-9/h4,6H,5H2,1-3H3. The molecule has 1 aromatic heterocycles. The van der Waals surface area contributed by atoms with E-state index >= 15 is 0 Å². The average molecular weight is 199 g/mol. The monoisotopic (exact) mass is 199 g/mol. The molecule has 0 saturated carbocycles. The Bertz CT molecular complexity index is 286. The van der Waals surface area contributed by atoms with Crippen molar-refractivity contribution >= 4 is 23.3 Å². The van der Waals surface area contributed by atoms with Crippen LogP contribution >= 0.6 is 23.3 Å². The Morgan fingerprint density at radius 2 is 2.25 bits per heavy atom. The fraction of sp³-hybridized carbons (Fsp3) is 0.667. The van der Waals surface area contributed by atoms with Gasteiger partial charge in [0.25, 0.3) is 0 Å². The third-order valence-corrected chi connectivity index (χ3v) is 4.79. The molecule has 2 rings (SSSR count). The van der Waals surface area contributed by atoms with Crippen molar-refractivity contribution in [3.8, 4) is 0 Å². The fourth-order valence-corrected chi connectivity index (χ4v) is 2.92. The highest BCUT2D eigenvalue weighted by atomic mass is 32.2. The summed E-state index contributed by atoms with van der Waals surface area (Å²) in [7, 11) is 0. The minimum absolute atomic E-state index is 0.421. The summed E-state index contributed by atoms with van der Waals surface area (Å²) in [5.41, 5.74) is 1.25. The number of thioether (sulfide) groups is 1. The van der Waals surface area contributed by atoms with Gasteiger partial charge in [-0.15, -0.1) is 11.8 Å². The predicted octanol–water partition coefficient (Wildman–Crippen LogP) is 3.23. The Balaban J connectivity index is 2.25. The van der Waals surface area contributed by atoms with E-state index in [4.69, 9.17) is 0 Å². The molecule has 1 aliphatic rings. The first-order valence-electron chi connectivity index (χ1n) is 4.23. The largest absolute Gasteiger partial charge is 0.197 e. The molecule has 2 heterocycles.